The molecule has 2 heterocycles. The first-order valence-corrected chi connectivity index (χ1v) is 12.7. The van der Waals surface area contributed by atoms with Gasteiger partial charge in [-0.3, -0.25) is 24.0 Å². The van der Waals surface area contributed by atoms with E-state index in [2.05, 4.69) is 30.7 Å². The van der Waals surface area contributed by atoms with Gasteiger partial charge in [-0.2, -0.15) is 0 Å². The van der Waals surface area contributed by atoms with Crippen molar-refractivity contribution in [2.45, 2.75) is 51.6 Å². The van der Waals surface area contributed by atoms with Crippen LogP contribution in [0, 0.1) is 0 Å². The zero-order chi connectivity index (χ0) is 27.6. The Hall–Kier alpha value is -3.35. The fourth-order valence-corrected chi connectivity index (χ4v) is 4.19. The smallest absolute Gasteiger partial charge is 0.324 e. The van der Waals surface area contributed by atoms with E-state index in [1.54, 1.807) is 27.7 Å². The molecule has 36 heavy (non-hydrogen) atoms. The van der Waals surface area contributed by atoms with Crippen molar-refractivity contribution in [3.05, 3.63) is 20.9 Å². The number of urea groups is 2. The molecule has 17 nitrogen and oxygen atoms in total. The van der Waals surface area contributed by atoms with E-state index in [0.29, 0.717) is 6.42 Å². The molecule has 0 bridgehead atoms. The lowest BCUT2D eigenvalue weighted by Gasteiger charge is -2.16. The third-order valence-corrected chi connectivity index (χ3v) is 6.43. The summed E-state index contributed by atoms with van der Waals surface area (Å²) in [4.78, 5) is 63.2. The molecule has 2 saturated heterocycles. The number of nitrogens with one attached hydrogen (secondary N) is 2. The van der Waals surface area contributed by atoms with Gasteiger partial charge in [-0.05, 0) is 51.6 Å². The maximum Gasteiger partial charge on any atom is 0.328 e. The Labute approximate surface area is 207 Å². The topological polar surface area (TPSA) is 243 Å². The number of hydrogen-bond acceptors (Lipinski definition) is 8. The van der Waals surface area contributed by atoms with Crippen LogP contribution in [0.2, 0.25) is 0 Å². The van der Waals surface area contributed by atoms with Gasteiger partial charge in [-0.1, -0.05) is 10.2 Å². The van der Waals surface area contributed by atoms with E-state index in [-0.39, 0.29) is 63.2 Å². The normalized spacial score (nSPS) is 19.4. The molecular formula is C18H31N10O7P. The number of nitrogens with zero attached hydrogens (tertiary/aromatic N) is 8. The molecule has 0 saturated carbocycles. The number of rotatable bonds is 12. The van der Waals surface area contributed by atoms with E-state index in [0.717, 1.165) is 9.80 Å². The summed E-state index contributed by atoms with van der Waals surface area (Å²) in [6, 6.07) is -0.895. The number of imide groups is 2. The summed E-state index contributed by atoms with van der Waals surface area (Å²) in [5.74, 6) is -0.613. The molecule has 2 aliphatic heterocycles. The Morgan fingerprint density at radius 2 is 1.33 bits per heavy atom. The largest absolute Gasteiger partial charge is 0.328 e. The van der Waals surface area contributed by atoms with Crippen molar-refractivity contribution in [2.24, 2.45) is 10.2 Å². The van der Waals surface area contributed by atoms with E-state index in [9.17, 15) is 28.6 Å². The summed E-state index contributed by atoms with van der Waals surface area (Å²) in [5, 5.41) is 11.6. The van der Waals surface area contributed by atoms with Crippen molar-refractivity contribution in [1.29, 1.82) is 0 Å². The molecule has 0 spiro atoms. The Balaban J connectivity index is 0.000000381. The van der Waals surface area contributed by atoms with Gasteiger partial charge in [0.05, 0.1) is 12.8 Å². The zero-order valence-corrected chi connectivity index (χ0v) is 21.5. The lowest BCUT2D eigenvalue weighted by Crippen LogP contribution is -2.40. The predicted octanol–water partition coefficient (Wildman–Crippen LogP) is 2.24. The average molecular weight is 530 g/mol. The van der Waals surface area contributed by atoms with Crippen LogP contribution in [0.5, 0.6) is 0 Å². The van der Waals surface area contributed by atoms with Crippen LogP contribution in [0.1, 0.15) is 40.5 Å². The third kappa shape index (κ3) is 9.02. The van der Waals surface area contributed by atoms with E-state index in [4.69, 9.17) is 15.6 Å². The summed E-state index contributed by atoms with van der Waals surface area (Å²) in [6.07, 6.45) is 0.435. The molecule has 6 amide bonds. The van der Waals surface area contributed by atoms with Gasteiger partial charge in [-0.25, -0.2) is 9.59 Å². The lowest BCUT2D eigenvalue weighted by molar-refractivity contribution is -0.131. The van der Waals surface area contributed by atoms with Crippen molar-refractivity contribution in [3.8, 4) is 0 Å². The third-order valence-electron chi connectivity index (χ3n) is 4.96. The number of hydrogen-bond donors (Lipinski definition) is 3. The number of amides is 6. The average Bonchev–Trinajstić information content (AvgIpc) is 3.09. The summed E-state index contributed by atoms with van der Waals surface area (Å²) < 4.78 is 16.4. The van der Waals surface area contributed by atoms with Crippen LogP contribution in [0.4, 0.5) is 9.59 Å². The Morgan fingerprint density at radius 3 is 1.75 bits per heavy atom. The van der Waals surface area contributed by atoms with Crippen molar-refractivity contribution in [2.75, 3.05) is 38.9 Å². The quantitative estimate of drug-likeness (QED) is 0.0847. The summed E-state index contributed by atoms with van der Waals surface area (Å²) in [6.45, 7) is 6.89. The second-order valence-electron chi connectivity index (χ2n) is 8.83. The lowest BCUT2D eigenvalue weighted by atomic mass is 10.1. The van der Waals surface area contributed by atoms with Gasteiger partial charge < -0.3 is 20.1 Å². The van der Waals surface area contributed by atoms with Gasteiger partial charge in [0.2, 0.25) is 0 Å². The molecule has 0 aromatic rings. The highest BCUT2D eigenvalue weighted by molar-refractivity contribution is 7.52. The molecule has 200 valence electrons. The minimum atomic E-state index is -3.81. The Kier molecular flexibility index (Phi) is 11.2. The Morgan fingerprint density at radius 1 is 0.889 bits per heavy atom. The fourth-order valence-electron chi connectivity index (χ4n) is 3.15. The van der Waals surface area contributed by atoms with Crippen molar-refractivity contribution >= 4 is 31.5 Å². The van der Waals surface area contributed by atoms with E-state index >= 15 is 0 Å². The van der Waals surface area contributed by atoms with E-state index < -0.39 is 24.7 Å². The fraction of sp³-hybridized carbons (Fsp3) is 0.778. The molecule has 2 fully saturated rings. The monoisotopic (exact) mass is 530 g/mol. The molecule has 2 aliphatic rings. The molecule has 18 heteroatoms. The first kappa shape index (κ1) is 30.7. The number of carbonyl (C=O) groups excluding carboxylic acids is 4. The van der Waals surface area contributed by atoms with Crippen molar-refractivity contribution in [3.63, 3.8) is 0 Å². The first-order chi connectivity index (χ1) is 16.7. The number of carbonyl (C=O) groups is 4. The first-order valence-electron chi connectivity index (χ1n) is 10.9. The second-order valence-corrected chi connectivity index (χ2v) is 10.8. The van der Waals surface area contributed by atoms with Crippen LogP contribution in [0.3, 0.4) is 0 Å². The molecular weight excluding hydrogens is 499 g/mol. The van der Waals surface area contributed by atoms with Crippen LogP contribution < -0.4 is 10.6 Å². The summed E-state index contributed by atoms with van der Waals surface area (Å²) in [7, 11) is -3.81. The van der Waals surface area contributed by atoms with Crippen molar-refractivity contribution in [1.82, 2.24) is 20.4 Å². The molecule has 2 rings (SSSR count). The highest BCUT2D eigenvalue weighted by Crippen LogP contribution is 2.42. The van der Waals surface area contributed by atoms with Crippen molar-refractivity contribution < 1.29 is 33.2 Å². The Bertz CT molecular complexity index is 1000. The maximum absolute atomic E-state index is 11.9. The van der Waals surface area contributed by atoms with Gasteiger partial charge in [0, 0.05) is 36.0 Å². The second kappa shape index (κ2) is 13.1. The standard InChI is InChI=1S/C10H18N5O5P.C8H13N5O2/c1-10(2)8(16)15(9(17)13-10)5-3-7-21(18,19)20-6-4-12-14-11;1-8(2)6(14)13(7(15)11-8)5-3-4-10-12-9/h3-7H2,1-2H3,(H,13,17)(H,18,19);3-5H2,1-2H3,(H,11,15). The minimum absolute atomic E-state index is 0.0394. The minimum Gasteiger partial charge on any atom is -0.324 e. The highest BCUT2D eigenvalue weighted by Gasteiger charge is 2.44. The predicted molar refractivity (Wildman–Crippen MR) is 127 cm³/mol. The number of azide groups is 2. The molecule has 3 N–H and O–H groups in total. The van der Waals surface area contributed by atoms with Gasteiger partial charge in [0.25, 0.3) is 11.8 Å². The van der Waals surface area contributed by atoms with Gasteiger partial charge in [0.1, 0.15) is 11.1 Å². The van der Waals surface area contributed by atoms with Crippen LogP contribution >= 0.6 is 7.60 Å². The summed E-state index contributed by atoms with van der Waals surface area (Å²) in [5.41, 5.74) is 14.3. The van der Waals surface area contributed by atoms with Gasteiger partial charge >= 0.3 is 19.7 Å². The molecule has 1 atom stereocenters. The molecule has 1 unspecified atom stereocenters. The molecule has 0 aromatic carbocycles. The molecule has 0 aliphatic carbocycles. The van der Waals surface area contributed by atoms with Crippen LogP contribution in [-0.4, -0.2) is 88.6 Å². The van der Waals surface area contributed by atoms with Crippen LogP contribution in [0.25, 0.3) is 20.9 Å². The van der Waals surface area contributed by atoms with Gasteiger partial charge in [0.15, 0.2) is 0 Å². The maximum atomic E-state index is 11.9. The highest BCUT2D eigenvalue weighted by atomic mass is 31.2. The molecule has 0 radical (unpaired) electrons. The van der Waals surface area contributed by atoms with E-state index in [1.165, 1.54) is 0 Å². The van der Waals surface area contributed by atoms with Gasteiger partial charge in [-0.15, -0.1) is 0 Å². The molecule has 0 aromatic heterocycles. The zero-order valence-electron chi connectivity index (χ0n) is 20.6. The van der Waals surface area contributed by atoms with Crippen LogP contribution in [0.15, 0.2) is 10.2 Å². The van der Waals surface area contributed by atoms with Crippen LogP contribution in [-0.2, 0) is 18.7 Å². The SMILES string of the molecule is CC1(C)NC(=O)N(CCCN=[N+]=[N-])C1=O.CC1(C)NC(=O)N(CCCP(=O)(O)OCCN=[N+]=[N-])C1=O. The van der Waals surface area contributed by atoms with E-state index in [1.807, 2.05) is 0 Å². The summed E-state index contributed by atoms with van der Waals surface area (Å²) >= 11 is 0.